The van der Waals surface area contributed by atoms with Crippen LogP contribution in [-0.4, -0.2) is 46.3 Å². The third-order valence-electron chi connectivity index (χ3n) is 4.25. The van der Waals surface area contributed by atoms with Gasteiger partial charge in [0.25, 0.3) is 0 Å². The van der Waals surface area contributed by atoms with Crippen LogP contribution in [0.5, 0.6) is 5.75 Å². The molecule has 3 rings (SSSR count). The van der Waals surface area contributed by atoms with Gasteiger partial charge in [-0.25, -0.2) is 16.8 Å². The summed E-state index contributed by atoms with van der Waals surface area (Å²) in [4.78, 5) is 0.432. The lowest BCUT2D eigenvalue weighted by Gasteiger charge is -2.20. The molecule has 1 atom stereocenters. The summed E-state index contributed by atoms with van der Waals surface area (Å²) < 4.78 is 92.2. The largest absolute Gasteiger partial charge is 0.573 e. The van der Waals surface area contributed by atoms with E-state index in [9.17, 15) is 30.0 Å². The van der Waals surface area contributed by atoms with Gasteiger partial charge in [-0.1, -0.05) is 6.07 Å². The van der Waals surface area contributed by atoms with Crippen molar-refractivity contribution >= 4 is 31.2 Å². The van der Waals surface area contributed by atoms with E-state index in [1.165, 1.54) is 11.3 Å². The predicted octanol–water partition coefficient (Wildman–Crippen LogP) is 3.20. The van der Waals surface area contributed by atoms with E-state index in [0.717, 1.165) is 28.6 Å². The van der Waals surface area contributed by atoms with Crippen molar-refractivity contribution in [1.29, 1.82) is 0 Å². The third-order valence-corrected chi connectivity index (χ3v) is 9.41. The van der Waals surface area contributed by atoms with Gasteiger partial charge in [-0.15, -0.1) is 24.5 Å². The van der Waals surface area contributed by atoms with Crippen LogP contribution in [0.25, 0.3) is 0 Å². The van der Waals surface area contributed by atoms with E-state index in [2.05, 4.69) is 4.74 Å². The standard InChI is InChI=1S/C16H16F3NO5S3/c17-16(18,19)25-12-3-5-13(6-4-12)28(23,24)20-8-7-15(14-2-1-10-26-14)27(21,22)11-9-20/h1-6,10,15H,7-9,11H2. The van der Waals surface area contributed by atoms with Gasteiger partial charge in [-0.3, -0.25) is 0 Å². The highest BCUT2D eigenvalue weighted by atomic mass is 32.2. The molecular weight excluding hydrogens is 439 g/mol. The van der Waals surface area contributed by atoms with Crippen molar-refractivity contribution in [3.63, 3.8) is 0 Å². The molecular formula is C16H16F3NO5S3. The Bertz CT molecular complexity index is 1020. The fourth-order valence-corrected chi connectivity index (χ4v) is 7.50. The number of sulfonamides is 1. The summed E-state index contributed by atoms with van der Waals surface area (Å²) in [6.07, 6.45) is -4.77. The van der Waals surface area contributed by atoms with E-state index >= 15 is 0 Å². The van der Waals surface area contributed by atoms with Crippen LogP contribution in [0.1, 0.15) is 16.5 Å². The van der Waals surface area contributed by atoms with E-state index in [0.29, 0.717) is 4.88 Å². The first-order chi connectivity index (χ1) is 13.0. The fraction of sp³-hybridized carbons (Fsp3) is 0.375. The number of thiophene rings is 1. The van der Waals surface area contributed by atoms with Gasteiger partial charge in [-0.2, -0.15) is 4.31 Å². The van der Waals surface area contributed by atoms with E-state index in [-0.39, 0.29) is 30.2 Å². The summed E-state index contributed by atoms with van der Waals surface area (Å²) >= 11 is 1.30. The number of sulfone groups is 1. The Morgan fingerprint density at radius 2 is 1.79 bits per heavy atom. The van der Waals surface area contributed by atoms with E-state index in [4.69, 9.17) is 0 Å². The average molecular weight is 456 g/mol. The van der Waals surface area contributed by atoms with Gasteiger partial charge in [0, 0.05) is 18.0 Å². The number of hydrogen-bond acceptors (Lipinski definition) is 6. The molecule has 6 nitrogen and oxygen atoms in total. The Balaban J connectivity index is 1.81. The second-order valence-corrected chi connectivity index (χ2v) is 11.3. The quantitative estimate of drug-likeness (QED) is 0.707. The second kappa shape index (κ2) is 7.65. The lowest BCUT2D eigenvalue weighted by atomic mass is 10.2. The van der Waals surface area contributed by atoms with Gasteiger partial charge >= 0.3 is 6.36 Å². The maximum absolute atomic E-state index is 12.8. The molecule has 1 aliphatic heterocycles. The van der Waals surface area contributed by atoms with Gasteiger partial charge < -0.3 is 4.74 Å². The highest BCUT2D eigenvalue weighted by molar-refractivity contribution is 7.92. The maximum atomic E-state index is 12.8. The van der Waals surface area contributed by atoms with Crippen LogP contribution in [0.4, 0.5) is 13.2 Å². The molecule has 1 unspecified atom stereocenters. The van der Waals surface area contributed by atoms with Crippen LogP contribution in [0.15, 0.2) is 46.7 Å². The predicted molar refractivity (Wildman–Crippen MR) is 97.3 cm³/mol. The topological polar surface area (TPSA) is 80.8 Å². The highest BCUT2D eigenvalue weighted by Crippen LogP contribution is 2.34. The average Bonchev–Trinajstić information content (AvgIpc) is 3.05. The van der Waals surface area contributed by atoms with Crippen molar-refractivity contribution in [2.75, 3.05) is 18.8 Å². The summed E-state index contributed by atoms with van der Waals surface area (Å²) in [5.74, 6) is -0.869. The minimum atomic E-state index is -4.88. The molecule has 1 aliphatic rings. The van der Waals surface area contributed by atoms with Gasteiger partial charge in [0.2, 0.25) is 10.0 Å². The molecule has 1 fully saturated rings. The van der Waals surface area contributed by atoms with Crippen molar-refractivity contribution in [3.05, 3.63) is 46.7 Å². The summed E-state index contributed by atoms with van der Waals surface area (Å²) in [5.41, 5.74) is 0. The normalized spacial score (nSPS) is 21.2. The third kappa shape index (κ3) is 4.67. The zero-order valence-corrected chi connectivity index (χ0v) is 16.7. The molecule has 12 heteroatoms. The molecule has 0 spiro atoms. The zero-order valence-electron chi connectivity index (χ0n) is 14.3. The summed E-state index contributed by atoms with van der Waals surface area (Å²) in [6.45, 7) is -0.224. The number of rotatable bonds is 4. The van der Waals surface area contributed by atoms with Crippen LogP contribution < -0.4 is 4.74 Å². The van der Waals surface area contributed by atoms with E-state index < -0.39 is 37.2 Å². The Morgan fingerprint density at radius 3 is 2.36 bits per heavy atom. The minimum absolute atomic E-state index is 0.00900. The second-order valence-electron chi connectivity index (χ2n) is 6.08. The van der Waals surface area contributed by atoms with Crippen LogP contribution in [0, 0.1) is 0 Å². The van der Waals surface area contributed by atoms with Crippen LogP contribution in [-0.2, 0) is 19.9 Å². The molecule has 2 aromatic rings. The van der Waals surface area contributed by atoms with E-state index in [1.807, 2.05) is 0 Å². The Hall–Kier alpha value is -1.63. The fourth-order valence-electron chi connectivity index (χ4n) is 2.92. The zero-order chi connectivity index (χ0) is 20.6. The summed E-state index contributed by atoms with van der Waals surface area (Å²) in [6, 6.07) is 7.27. The molecule has 154 valence electrons. The molecule has 0 radical (unpaired) electrons. The molecule has 1 aromatic carbocycles. The molecule has 0 saturated carbocycles. The molecule has 0 amide bonds. The monoisotopic (exact) mass is 455 g/mol. The maximum Gasteiger partial charge on any atom is 0.573 e. The Labute approximate surface area is 164 Å². The van der Waals surface area contributed by atoms with Gasteiger partial charge in [0.15, 0.2) is 9.84 Å². The van der Waals surface area contributed by atoms with Gasteiger partial charge in [0.1, 0.15) is 5.75 Å². The molecule has 28 heavy (non-hydrogen) atoms. The van der Waals surface area contributed by atoms with Crippen molar-refractivity contribution < 1.29 is 34.7 Å². The first-order valence-electron chi connectivity index (χ1n) is 8.10. The van der Waals surface area contributed by atoms with Crippen molar-refractivity contribution in [1.82, 2.24) is 4.31 Å². The van der Waals surface area contributed by atoms with Crippen molar-refractivity contribution in [2.45, 2.75) is 22.9 Å². The highest BCUT2D eigenvalue weighted by Gasteiger charge is 2.36. The number of alkyl halides is 3. The number of hydrogen-bond donors (Lipinski definition) is 0. The molecule has 0 N–H and O–H groups in total. The van der Waals surface area contributed by atoms with Crippen LogP contribution in [0.3, 0.4) is 0 Å². The first-order valence-corrected chi connectivity index (χ1v) is 12.1. The number of halogens is 3. The number of ether oxygens (including phenoxy) is 1. The molecule has 0 bridgehead atoms. The van der Waals surface area contributed by atoms with Crippen molar-refractivity contribution in [3.8, 4) is 5.75 Å². The Morgan fingerprint density at radius 1 is 1.11 bits per heavy atom. The number of nitrogens with zero attached hydrogens (tertiary/aromatic N) is 1. The summed E-state index contributed by atoms with van der Waals surface area (Å²) in [5, 5.41) is 0.990. The smallest absolute Gasteiger partial charge is 0.406 e. The summed E-state index contributed by atoms with van der Waals surface area (Å²) in [7, 11) is -7.58. The van der Waals surface area contributed by atoms with Crippen LogP contribution >= 0.6 is 11.3 Å². The number of benzene rings is 1. The first kappa shape index (κ1) is 21.1. The Kier molecular flexibility index (Phi) is 5.76. The van der Waals surface area contributed by atoms with E-state index in [1.54, 1.807) is 17.5 Å². The van der Waals surface area contributed by atoms with Crippen LogP contribution in [0.2, 0.25) is 0 Å². The van der Waals surface area contributed by atoms with Crippen molar-refractivity contribution in [2.24, 2.45) is 0 Å². The molecule has 0 aliphatic carbocycles. The SMILES string of the molecule is O=S1(=O)CCN(S(=O)(=O)c2ccc(OC(F)(F)F)cc2)CCC1c1cccs1. The molecule has 2 heterocycles. The lowest BCUT2D eigenvalue weighted by molar-refractivity contribution is -0.274. The van der Waals surface area contributed by atoms with Gasteiger partial charge in [-0.05, 0) is 42.1 Å². The van der Waals surface area contributed by atoms with Gasteiger partial charge in [0.05, 0.1) is 15.9 Å². The lowest BCUT2D eigenvalue weighted by Crippen LogP contribution is -2.33. The molecule has 1 aromatic heterocycles. The molecule has 1 saturated heterocycles. The minimum Gasteiger partial charge on any atom is -0.406 e.